The predicted octanol–water partition coefficient (Wildman–Crippen LogP) is 4.25. The highest BCUT2D eigenvalue weighted by molar-refractivity contribution is 5.98. The third kappa shape index (κ3) is 3.82. The van der Waals surface area contributed by atoms with Crippen molar-refractivity contribution in [1.29, 1.82) is 0 Å². The number of nitrogens with one attached hydrogen (secondary N) is 1. The number of hydrogen-bond donors (Lipinski definition) is 1. The van der Waals surface area contributed by atoms with Gasteiger partial charge in [-0.3, -0.25) is 9.89 Å². The fourth-order valence-corrected chi connectivity index (χ4v) is 4.10. The molecule has 6 heteroatoms. The van der Waals surface area contributed by atoms with Gasteiger partial charge in [-0.15, -0.1) is 0 Å². The monoisotopic (exact) mass is 411 g/mol. The first kappa shape index (κ1) is 19.5. The quantitative estimate of drug-likeness (QED) is 0.509. The molecule has 31 heavy (non-hydrogen) atoms. The normalized spacial score (nSPS) is 14.8. The van der Waals surface area contributed by atoms with E-state index >= 15 is 0 Å². The number of aromatic amines is 1. The van der Waals surface area contributed by atoms with Crippen LogP contribution >= 0.6 is 0 Å². The number of hydrogen-bond acceptors (Lipinski definition) is 5. The molecular formula is C25H25N5O. The molecule has 0 bridgehead atoms. The molecule has 2 aromatic carbocycles. The molecule has 0 unspecified atom stereocenters. The largest absolute Gasteiger partial charge is 0.369 e. The van der Waals surface area contributed by atoms with Crippen LogP contribution in [0.2, 0.25) is 0 Å². The average Bonchev–Trinajstić information content (AvgIpc) is 3.23. The fourth-order valence-electron chi connectivity index (χ4n) is 4.10. The second-order valence-corrected chi connectivity index (χ2v) is 8.17. The molecule has 156 valence electrons. The fraction of sp³-hybridized carbons (Fsp3) is 0.240. The number of rotatable bonds is 4. The van der Waals surface area contributed by atoms with Gasteiger partial charge in [0.15, 0.2) is 11.4 Å². The van der Waals surface area contributed by atoms with Gasteiger partial charge in [0.1, 0.15) is 0 Å². The van der Waals surface area contributed by atoms with E-state index in [9.17, 15) is 4.79 Å². The Balaban J connectivity index is 1.47. The number of anilines is 1. The van der Waals surface area contributed by atoms with Crippen molar-refractivity contribution in [2.45, 2.75) is 6.92 Å². The van der Waals surface area contributed by atoms with E-state index in [1.807, 2.05) is 30.5 Å². The molecule has 0 saturated carbocycles. The molecule has 0 radical (unpaired) electrons. The van der Waals surface area contributed by atoms with E-state index in [1.54, 1.807) is 6.92 Å². The molecule has 1 saturated heterocycles. The van der Waals surface area contributed by atoms with Crippen molar-refractivity contribution in [3.05, 3.63) is 66.4 Å². The maximum Gasteiger partial charge on any atom is 0.181 e. The summed E-state index contributed by atoms with van der Waals surface area (Å²) in [7, 11) is 2.17. The van der Waals surface area contributed by atoms with Crippen LogP contribution in [0.1, 0.15) is 17.3 Å². The number of pyridine rings is 1. The highest BCUT2D eigenvalue weighted by atomic mass is 16.1. The molecule has 5 rings (SSSR count). The summed E-state index contributed by atoms with van der Waals surface area (Å²) in [5, 5.41) is 8.40. The van der Waals surface area contributed by atoms with Gasteiger partial charge in [-0.1, -0.05) is 30.3 Å². The van der Waals surface area contributed by atoms with Crippen molar-refractivity contribution in [2.24, 2.45) is 0 Å². The number of ketones is 1. The Bertz CT molecular complexity index is 1240. The molecule has 0 amide bonds. The van der Waals surface area contributed by atoms with E-state index in [4.69, 9.17) is 0 Å². The maximum absolute atomic E-state index is 11.8. The molecule has 6 nitrogen and oxygen atoms in total. The lowest BCUT2D eigenvalue weighted by Gasteiger charge is -2.34. The Morgan fingerprint density at radius 1 is 0.935 bits per heavy atom. The number of fused-ring (bicyclic) bond motifs is 1. The van der Waals surface area contributed by atoms with Crippen LogP contribution in [0.15, 0.2) is 60.8 Å². The number of H-pyrrole nitrogens is 1. The molecule has 4 aromatic rings. The number of benzene rings is 2. The van der Waals surface area contributed by atoms with Gasteiger partial charge in [0.25, 0.3) is 0 Å². The zero-order valence-electron chi connectivity index (χ0n) is 17.8. The highest BCUT2D eigenvalue weighted by Gasteiger charge is 2.15. The zero-order chi connectivity index (χ0) is 21.4. The molecule has 1 aliphatic heterocycles. The van der Waals surface area contributed by atoms with Gasteiger partial charge in [0.2, 0.25) is 0 Å². The van der Waals surface area contributed by atoms with E-state index < -0.39 is 0 Å². The Labute approximate surface area is 181 Å². The molecule has 1 fully saturated rings. The summed E-state index contributed by atoms with van der Waals surface area (Å²) < 4.78 is 0. The van der Waals surface area contributed by atoms with E-state index in [1.165, 1.54) is 5.69 Å². The first-order valence-corrected chi connectivity index (χ1v) is 10.6. The number of Topliss-reactive ketones (excluding diaryl/α,β-unsaturated/α-hetero) is 1. The summed E-state index contributed by atoms with van der Waals surface area (Å²) in [5.74, 6) is 0.0462. The van der Waals surface area contributed by atoms with Crippen molar-refractivity contribution in [1.82, 2.24) is 20.1 Å². The van der Waals surface area contributed by atoms with Crippen LogP contribution in [0.5, 0.6) is 0 Å². The van der Waals surface area contributed by atoms with Gasteiger partial charge in [0, 0.05) is 60.1 Å². The average molecular weight is 412 g/mol. The molecule has 0 spiro atoms. The second-order valence-electron chi connectivity index (χ2n) is 8.17. The minimum Gasteiger partial charge on any atom is -0.369 e. The summed E-state index contributed by atoms with van der Waals surface area (Å²) in [6.07, 6.45) is 1.86. The smallest absolute Gasteiger partial charge is 0.181 e. The van der Waals surface area contributed by atoms with Crippen LogP contribution in [0, 0.1) is 0 Å². The van der Waals surface area contributed by atoms with Gasteiger partial charge in [-0.05, 0) is 43.8 Å². The van der Waals surface area contributed by atoms with Gasteiger partial charge in [-0.2, -0.15) is 5.10 Å². The third-order valence-electron chi connectivity index (χ3n) is 6.04. The van der Waals surface area contributed by atoms with E-state index in [0.29, 0.717) is 11.2 Å². The second kappa shape index (κ2) is 7.96. The number of likely N-dealkylation sites (N-methyl/N-ethyl adjacent to an activating group) is 1. The minimum absolute atomic E-state index is 0.0462. The molecule has 0 atom stereocenters. The number of aromatic nitrogens is 3. The molecular weight excluding hydrogens is 386 g/mol. The Morgan fingerprint density at radius 3 is 2.45 bits per heavy atom. The van der Waals surface area contributed by atoms with Crippen LogP contribution in [0.3, 0.4) is 0 Å². The van der Waals surface area contributed by atoms with Gasteiger partial charge >= 0.3 is 0 Å². The molecule has 2 aromatic heterocycles. The lowest BCUT2D eigenvalue weighted by atomic mass is 10.0. The van der Waals surface area contributed by atoms with Crippen LogP contribution in [0.4, 0.5) is 5.69 Å². The van der Waals surface area contributed by atoms with E-state index in [0.717, 1.165) is 53.9 Å². The Morgan fingerprint density at radius 2 is 1.71 bits per heavy atom. The number of carbonyl (C=O) groups excluding carboxylic acids is 1. The maximum atomic E-state index is 11.8. The SMILES string of the molecule is CC(=O)c1cccc(-c2[nH]nc3ncc(-c4ccc(N5CCN(C)CC5)cc4)cc23)c1. The predicted molar refractivity (Wildman–Crippen MR) is 124 cm³/mol. The summed E-state index contributed by atoms with van der Waals surface area (Å²) >= 11 is 0. The summed E-state index contributed by atoms with van der Waals surface area (Å²) in [5.41, 5.74) is 6.58. The summed E-state index contributed by atoms with van der Waals surface area (Å²) in [6.45, 7) is 5.88. The number of nitrogens with zero attached hydrogens (tertiary/aromatic N) is 4. The Hall–Kier alpha value is -3.51. The van der Waals surface area contributed by atoms with Gasteiger partial charge in [0.05, 0.1) is 5.69 Å². The summed E-state index contributed by atoms with van der Waals surface area (Å²) in [6, 6.07) is 18.4. The number of carbonyl (C=O) groups is 1. The van der Waals surface area contributed by atoms with Gasteiger partial charge < -0.3 is 9.80 Å². The molecule has 0 aliphatic carbocycles. The van der Waals surface area contributed by atoms with Crippen LogP contribution in [-0.4, -0.2) is 59.1 Å². The third-order valence-corrected chi connectivity index (χ3v) is 6.04. The Kier molecular flexibility index (Phi) is 5.00. The summed E-state index contributed by atoms with van der Waals surface area (Å²) in [4.78, 5) is 21.1. The van der Waals surface area contributed by atoms with Crippen molar-refractivity contribution in [2.75, 3.05) is 38.1 Å². The topological polar surface area (TPSA) is 65.1 Å². The van der Waals surface area contributed by atoms with Gasteiger partial charge in [-0.25, -0.2) is 4.98 Å². The van der Waals surface area contributed by atoms with Crippen molar-refractivity contribution >= 4 is 22.5 Å². The highest BCUT2D eigenvalue weighted by Crippen LogP contribution is 2.30. The van der Waals surface area contributed by atoms with Crippen molar-refractivity contribution in [3.8, 4) is 22.4 Å². The first-order chi connectivity index (χ1) is 15.1. The van der Waals surface area contributed by atoms with Crippen LogP contribution in [0.25, 0.3) is 33.4 Å². The van der Waals surface area contributed by atoms with Crippen LogP contribution in [-0.2, 0) is 0 Å². The molecule has 3 heterocycles. The molecule has 1 aliphatic rings. The lowest BCUT2D eigenvalue weighted by molar-refractivity contribution is 0.101. The van der Waals surface area contributed by atoms with E-state index in [2.05, 4.69) is 62.4 Å². The minimum atomic E-state index is 0.0462. The van der Waals surface area contributed by atoms with Crippen molar-refractivity contribution in [3.63, 3.8) is 0 Å². The van der Waals surface area contributed by atoms with E-state index in [-0.39, 0.29) is 5.78 Å². The lowest BCUT2D eigenvalue weighted by Crippen LogP contribution is -2.44. The van der Waals surface area contributed by atoms with Crippen LogP contribution < -0.4 is 4.90 Å². The standard InChI is InChI=1S/C25H25N5O/c1-17(31)19-4-3-5-20(14-19)24-23-15-21(16-26-25(23)28-27-24)18-6-8-22(9-7-18)30-12-10-29(2)11-13-30/h3-9,14-16H,10-13H2,1-2H3,(H,26,27,28). The van der Waals surface area contributed by atoms with Crippen molar-refractivity contribution < 1.29 is 4.79 Å². The zero-order valence-corrected chi connectivity index (χ0v) is 17.8. The molecule has 1 N–H and O–H groups in total. The number of piperazine rings is 1. The first-order valence-electron chi connectivity index (χ1n) is 10.6.